The van der Waals surface area contributed by atoms with Crippen LogP contribution in [0.2, 0.25) is 0 Å². The fourth-order valence-electron chi connectivity index (χ4n) is 2.66. The maximum Gasteiger partial charge on any atom is 0.248 e. The Morgan fingerprint density at radius 1 is 1.30 bits per heavy atom. The number of aromatic nitrogens is 2. The van der Waals surface area contributed by atoms with Gasteiger partial charge in [-0.05, 0) is 33.9 Å². The Labute approximate surface area is 120 Å². The molecule has 0 amide bonds. The fraction of sp³-hybridized carbons (Fsp3) is 0.750. The van der Waals surface area contributed by atoms with Gasteiger partial charge in [-0.15, -0.1) is 0 Å². The molecule has 0 spiro atoms. The van der Waals surface area contributed by atoms with Crippen molar-refractivity contribution in [3.63, 3.8) is 0 Å². The molecule has 1 aromatic heterocycles. The maximum atomic E-state index is 12.7. The SMILES string of the molecule is Cc1c(S(=O)(=O)N2CCC(N(C)C)CC2)c(N)nn1C. The van der Waals surface area contributed by atoms with Crippen LogP contribution in [0, 0.1) is 6.92 Å². The molecule has 0 aromatic carbocycles. The highest BCUT2D eigenvalue weighted by atomic mass is 32.2. The second-order valence-corrected chi connectivity index (χ2v) is 7.40. The molecule has 1 fully saturated rings. The molecule has 2 heterocycles. The Morgan fingerprint density at radius 2 is 1.85 bits per heavy atom. The van der Waals surface area contributed by atoms with Gasteiger partial charge in [-0.3, -0.25) is 4.68 Å². The smallest absolute Gasteiger partial charge is 0.248 e. The highest BCUT2D eigenvalue weighted by Gasteiger charge is 2.34. The summed E-state index contributed by atoms with van der Waals surface area (Å²) >= 11 is 0. The van der Waals surface area contributed by atoms with Crippen LogP contribution in [0.15, 0.2) is 4.90 Å². The molecule has 1 aromatic rings. The predicted molar refractivity (Wildman–Crippen MR) is 77.8 cm³/mol. The summed E-state index contributed by atoms with van der Waals surface area (Å²) in [6, 6.07) is 0.439. The van der Waals surface area contributed by atoms with Gasteiger partial charge in [0.1, 0.15) is 4.90 Å². The lowest BCUT2D eigenvalue weighted by Crippen LogP contribution is -2.44. The van der Waals surface area contributed by atoms with Crippen LogP contribution in [0.25, 0.3) is 0 Å². The van der Waals surface area contributed by atoms with Crippen LogP contribution in [0.5, 0.6) is 0 Å². The van der Waals surface area contributed by atoms with Crippen molar-refractivity contribution in [1.82, 2.24) is 19.0 Å². The first-order valence-corrected chi connectivity index (χ1v) is 8.14. The predicted octanol–water partition coefficient (Wildman–Crippen LogP) is 0.0254. The van der Waals surface area contributed by atoms with E-state index in [1.807, 2.05) is 14.1 Å². The van der Waals surface area contributed by atoms with Gasteiger partial charge in [0.05, 0.1) is 5.69 Å². The zero-order chi connectivity index (χ0) is 15.1. The lowest BCUT2D eigenvalue weighted by Gasteiger charge is -2.34. The van der Waals surface area contributed by atoms with E-state index in [0.29, 0.717) is 24.8 Å². The van der Waals surface area contributed by atoms with Gasteiger partial charge in [-0.1, -0.05) is 0 Å². The first kappa shape index (κ1) is 15.3. The van der Waals surface area contributed by atoms with E-state index in [0.717, 1.165) is 12.8 Å². The first-order chi connectivity index (χ1) is 9.25. The third kappa shape index (κ3) is 2.55. The minimum Gasteiger partial charge on any atom is -0.381 e. The Hall–Kier alpha value is -1.12. The molecule has 0 radical (unpaired) electrons. The summed E-state index contributed by atoms with van der Waals surface area (Å²) in [5.74, 6) is 0.0831. The summed E-state index contributed by atoms with van der Waals surface area (Å²) in [6.07, 6.45) is 1.68. The molecule has 20 heavy (non-hydrogen) atoms. The average molecular weight is 301 g/mol. The normalized spacial score (nSPS) is 18.9. The van der Waals surface area contributed by atoms with Gasteiger partial charge >= 0.3 is 0 Å². The number of rotatable bonds is 3. The molecule has 0 atom stereocenters. The van der Waals surface area contributed by atoms with E-state index < -0.39 is 10.0 Å². The summed E-state index contributed by atoms with van der Waals surface area (Å²) in [4.78, 5) is 2.30. The van der Waals surface area contributed by atoms with Crippen LogP contribution in [0.4, 0.5) is 5.82 Å². The number of piperidine rings is 1. The molecule has 0 unspecified atom stereocenters. The molecular formula is C12H23N5O2S. The summed E-state index contributed by atoms with van der Waals surface area (Å²) < 4.78 is 28.4. The standard InChI is InChI=1S/C12H23N5O2S/c1-9-11(12(13)14-16(9)4)20(18,19)17-7-5-10(6-8-17)15(2)3/h10H,5-8H2,1-4H3,(H2,13,14). The molecule has 1 aliphatic rings. The van der Waals surface area contributed by atoms with Crippen molar-refractivity contribution in [3.8, 4) is 0 Å². The molecule has 7 nitrogen and oxygen atoms in total. The van der Waals surface area contributed by atoms with E-state index in [1.165, 1.54) is 8.99 Å². The van der Waals surface area contributed by atoms with E-state index in [2.05, 4.69) is 10.00 Å². The van der Waals surface area contributed by atoms with Gasteiger partial charge < -0.3 is 10.6 Å². The average Bonchev–Trinajstić information content (AvgIpc) is 2.63. The summed E-state index contributed by atoms with van der Waals surface area (Å²) in [7, 11) is 2.20. The molecule has 1 saturated heterocycles. The third-order valence-electron chi connectivity index (χ3n) is 4.06. The highest BCUT2D eigenvalue weighted by molar-refractivity contribution is 7.89. The van der Waals surface area contributed by atoms with E-state index >= 15 is 0 Å². The molecule has 0 saturated carbocycles. The Morgan fingerprint density at radius 3 is 2.25 bits per heavy atom. The maximum absolute atomic E-state index is 12.7. The number of hydrogen-bond donors (Lipinski definition) is 1. The fourth-order valence-corrected chi connectivity index (χ4v) is 4.42. The van der Waals surface area contributed by atoms with Crippen molar-refractivity contribution in [2.75, 3.05) is 32.9 Å². The molecule has 0 bridgehead atoms. The van der Waals surface area contributed by atoms with E-state index in [1.54, 1.807) is 14.0 Å². The summed E-state index contributed by atoms with van der Waals surface area (Å²) in [6.45, 7) is 2.78. The summed E-state index contributed by atoms with van der Waals surface area (Å²) in [5.41, 5.74) is 6.35. The molecule has 114 valence electrons. The first-order valence-electron chi connectivity index (χ1n) is 6.70. The van der Waals surface area contributed by atoms with Crippen molar-refractivity contribution in [2.24, 2.45) is 7.05 Å². The van der Waals surface area contributed by atoms with E-state index in [-0.39, 0.29) is 10.7 Å². The number of nitrogens with zero attached hydrogens (tertiary/aromatic N) is 4. The van der Waals surface area contributed by atoms with E-state index in [4.69, 9.17) is 5.73 Å². The van der Waals surface area contributed by atoms with Crippen molar-refractivity contribution in [3.05, 3.63) is 5.69 Å². The molecule has 2 rings (SSSR count). The monoisotopic (exact) mass is 301 g/mol. The number of aryl methyl sites for hydroxylation is 1. The van der Waals surface area contributed by atoms with Crippen molar-refractivity contribution >= 4 is 15.8 Å². The molecular weight excluding hydrogens is 278 g/mol. The zero-order valence-corrected chi connectivity index (χ0v) is 13.3. The highest BCUT2D eigenvalue weighted by Crippen LogP contribution is 2.27. The van der Waals surface area contributed by atoms with Gasteiger partial charge in [0.15, 0.2) is 5.82 Å². The lowest BCUT2D eigenvalue weighted by molar-refractivity contribution is 0.196. The van der Waals surface area contributed by atoms with Gasteiger partial charge in [0, 0.05) is 26.2 Å². The molecule has 2 N–H and O–H groups in total. The minimum atomic E-state index is -3.55. The van der Waals surface area contributed by atoms with Gasteiger partial charge in [-0.25, -0.2) is 8.42 Å². The van der Waals surface area contributed by atoms with Crippen LogP contribution in [-0.4, -0.2) is 60.6 Å². The molecule has 0 aliphatic carbocycles. The summed E-state index contributed by atoms with van der Waals surface area (Å²) in [5, 5.41) is 4.00. The van der Waals surface area contributed by atoms with Crippen LogP contribution < -0.4 is 5.73 Å². The number of sulfonamides is 1. The Bertz CT molecular complexity index is 585. The quantitative estimate of drug-likeness (QED) is 0.851. The van der Waals surface area contributed by atoms with Crippen LogP contribution >= 0.6 is 0 Å². The topological polar surface area (TPSA) is 84.5 Å². The minimum absolute atomic E-state index is 0.0831. The number of nitrogen functional groups attached to an aromatic ring is 1. The largest absolute Gasteiger partial charge is 0.381 e. The van der Waals surface area contributed by atoms with Gasteiger partial charge in [0.25, 0.3) is 0 Å². The van der Waals surface area contributed by atoms with Crippen molar-refractivity contribution in [1.29, 1.82) is 0 Å². The van der Waals surface area contributed by atoms with Crippen LogP contribution in [-0.2, 0) is 17.1 Å². The van der Waals surface area contributed by atoms with Crippen molar-refractivity contribution < 1.29 is 8.42 Å². The Balaban J connectivity index is 2.24. The van der Waals surface area contributed by atoms with Crippen LogP contribution in [0.1, 0.15) is 18.5 Å². The second-order valence-electron chi connectivity index (χ2n) is 5.52. The second kappa shape index (κ2) is 5.34. The number of anilines is 1. The number of hydrogen-bond acceptors (Lipinski definition) is 5. The Kier molecular flexibility index (Phi) is 4.08. The van der Waals surface area contributed by atoms with E-state index in [9.17, 15) is 8.42 Å². The number of nitrogens with two attached hydrogens (primary N) is 1. The third-order valence-corrected chi connectivity index (χ3v) is 6.12. The van der Waals surface area contributed by atoms with Crippen LogP contribution in [0.3, 0.4) is 0 Å². The molecule has 8 heteroatoms. The molecule has 1 aliphatic heterocycles. The van der Waals surface area contributed by atoms with Gasteiger partial charge in [-0.2, -0.15) is 9.40 Å². The van der Waals surface area contributed by atoms with Crippen molar-refractivity contribution in [2.45, 2.75) is 30.7 Å². The van der Waals surface area contributed by atoms with Gasteiger partial charge in [0.2, 0.25) is 10.0 Å². The zero-order valence-electron chi connectivity index (χ0n) is 12.5. The lowest BCUT2D eigenvalue weighted by atomic mass is 10.1.